The summed E-state index contributed by atoms with van der Waals surface area (Å²) in [4.78, 5) is 14.6. The van der Waals surface area contributed by atoms with Crippen molar-refractivity contribution in [2.75, 3.05) is 5.75 Å². The molecule has 0 saturated carbocycles. The van der Waals surface area contributed by atoms with E-state index in [1.807, 2.05) is 30.3 Å². The van der Waals surface area contributed by atoms with Crippen molar-refractivity contribution >= 4 is 29.1 Å². The largest absolute Gasteiger partial charge is 0.359 e. The molecule has 0 aliphatic rings. The molecule has 0 spiro atoms. The molecule has 1 aromatic carbocycles. The van der Waals surface area contributed by atoms with Crippen molar-refractivity contribution < 1.29 is 4.79 Å². The van der Waals surface area contributed by atoms with E-state index in [1.54, 1.807) is 24.0 Å². The van der Waals surface area contributed by atoms with Gasteiger partial charge in [-0.15, -0.1) is 11.8 Å². The zero-order valence-corrected chi connectivity index (χ0v) is 10.7. The third-order valence-corrected chi connectivity index (χ3v) is 3.70. The van der Waals surface area contributed by atoms with Crippen LogP contribution in [0.2, 0.25) is 5.02 Å². The van der Waals surface area contributed by atoms with Gasteiger partial charge in [0.05, 0.1) is 11.4 Å². The van der Waals surface area contributed by atoms with Gasteiger partial charge in [-0.1, -0.05) is 29.8 Å². The molecular weight excluding hydrogens is 254 g/mol. The topological polar surface area (TPSA) is 32.9 Å². The van der Waals surface area contributed by atoms with Crippen LogP contribution in [0, 0.1) is 0 Å². The highest BCUT2D eigenvalue weighted by Gasteiger charge is 2.07. The molecule has 1 heterocycles. The summed E-state index contributed by atoms with van der Waals surface area (Å²) in [5.74, 6) is 1.34. The number of nitrogens with one attached hydrogen (secondary N) is 1. The maximum Gasteiger partial charge on any atom is 0.188 e. The lowest BCUT2D eigenvalue weighted by Gasteiger charge is -2.03. The van der Waals surface area contributed by atoms with E-state index in [0.29, 0.717) is 11.4 Å². The number of rotatable bonds is 5. The molecule has 0 unspecified atom stereocenters. The van der Waals surface area contributed by atoms with Crippen molar-refractivity contribution in [3.63, 3.8) is 0 Å². The van der Waals surface area contributed by atoms with E-state index < -0.39 is 0 Å². The zero-order valence-electron chi connectivity index (χ0n) is 9.15. The van der Waals surface area contributed by atoms with E-state index in [-0.39, 0.29) is 5.78 Å². The van der Waals surface area contributed by atoms with Gasteiger partial charge < -0.3 is 4.98 Å². The number of ketones is 1. The Bertz CT molecular complexity index is 496. The number of carbonyl (C=O) groups excluding carboxylic acids is 1. The Morgan fingerprint density at radius 2 is 2.06 bits per heavy atom. The second-order valence-electron chi connectivity index (χ2n) is 3.59. The van der Waals surface area contributed by atoms with E-state index in [4.69, 9.17) is 11.6 Å². The number of carbonyl (C=O) groups is 1. The Kier molecular flexibility index (Phi) is 4.29. The highest BCUT2D eigenvalue weighted by molar-refractivity contribution is 7.99. The molecule has 4 heteroatoms. The second kappa shape index (κ2) is 5.94. The molecule has 0 fully saturated rings. The first-order chi connectivity index (χ1) is 8.27. The molecule has 0 aliphatic heterocycles. The van der Waals surface area contributed by atoms with E-state index in [2.05, 4.69) is 4.98 Å². The molecule has 0 amide bonds. The molecule has 17 heavy (non-hydrogen) atoms. The summed E-state index contributed by atoms with van der Waals surface area (Å²) in [5.41, 5.74) is 1.73. The molecule has 0 radical (unpaired) electrons. The van der Waals surface area contributed by atoms with Crippen LogP contribution in [0.4, 0.5) is 0 Å². The summed E-state index contributed by atoms with van der Waals surface area (Å²) in [5, 5.41) is 0.757. The fourth-order valence-electron chi connectivity index (χ4n) is 1.45. The quantitative estimate of drug-likeness (QED) is 0.835. The van der Waals surface area contributed by atoms with Gasteiger partial charge in [-0.25, -0.2) is 0 Å². The predicted molar refractivity (Wildman–Crippen MR) is 72.7 cm³/mol. The molecule has 0 aliphatic carbocycles. The summed E-state index contributed by atoms with van der Waals surface area (Å²) in [6, 6.07) is 11.3. The zero-order chi connectivity index (χ0) is 12.1. The Labute approximate surface area is 109 Å². The molecule has 2 aromatic rings. The van der Waals surface area contributed by atoms with Gasteiger partial charge in [0.1, 0.15) is 0 Å². The van der Waals surface area contributed by atoms with Crippen LogP contribution in [-0.2, 0) is 5.75 Å². The van der Waals surface area contributed by atoms with Crippen LogP contribution in [0.15, 0.2) is 42.6 Å². The lowest BCUT2D eigenvalue weighted by molar-refractivity contribution is 0.101. The lowest BCUT2D eigenvalue weighted by Crippen LogP contribution is -2.02. The first-order valence-corrected chi connectivity index (χ1v) is 6.78. The van der Waals surface area contributed by atoms with Crippen molar-refractivity contribution in [1.29, 1.82) is 0 Å². The van der Waals surface area contributed by atoms with Gasteiger partial charge in [0, 0.05) is 17.0 Å². The van der Waals surface area contributed by atoms with E-state index in [0.717, 1.165) is 16.3 Å². The SMILES string of the molecule is O=C(CSCc1ccccc1Cl)c1ccc[nH]1. The molecule has 88 valence electrons. The second-order valence-corrected chi connectivity index (χ2v) is 4.98. The first-order valence-electron chi connectivity index (χ1n) is 5.25. The number of aromatic nitrogens is 1. The molecule has 0 bridgehead atoms. The van der Waals surface area contributed by atoms with Crippen LogP contribution >= 0.6 is 23.4 Å². The standard InChI is InChI=1S/C13H12ClNOS/c14-11-5-2-1-4-10(11)8-17-9-13(16)12-6-3-7-15-12/h1-7,15H,8-9H2. The van der Waals surface area contributed by atoms with Gasteiger partial charge in [-0.2, -0.15) is 0 Å². The van der Waals surface area contributed by atoms with E-state index in [1.165, 1.54) is 0 Å². The monoisotopic (exact) mass is 265 g/mol. The normalized spacial score (nSPS) is 10.4. The molecule has 2 nitrogen and oxygen atoms in total. The molecular formula is C13H12ClNOS. The number of Topliss-reactive ketones (excluding diaryl/α,β-unsaturated/α-hetero) is 1. The predicted octanol–water partition coefficient (Wildman–Crippen LogP) is 3.78. The number of halogens is 1. The summed E-state index contributed by atoms with van der Waals surface area (Å²) in [6.45, 7) is 0. The van der Waals surface area contributed by atoms with Crippen molar-refractivity contribution in [3.8, 4) is 0 Å². The van der Waals surface area contributed by atoms with Crippen LogP contribution in [0.5, 0.6) is 0 Å². The molecule has 1 N–H and O–H groups in total. The van der Waals surface area contributed by atoms with E-state index in [9.17, 15) is 4.79 Å². The summed E-state index contributed by atoms with van der Waals surface area (Å²) in [6.07, 6.45) is 1.76. The Morgan fingerprint density at radius 1 is 1.24 bits per heavy atom. The van der Waals surface area contributed by atoms with Crippen LogP contribution in [0.1, 0.15) is 16.1 Å². The van der Waals surface area contributed by atoms with Crippen LogP contribution < -0.4 is 0 Å². The van der Waals surface area contributed by atoms with Gasteiger partial charge >= 0.3 is 0 Å². The number of hydrogen-bond donors (Lipinski definition) is 1. The number of H-pyrrole nitrogens is 1. The Hall–Kier alpha value is -1.19. The van der Waals surface area contributed by atoms with Crippen molar-refractivity contribution in [2.45, 2.75) is 5.75 Å². The minimum Gasteiger partial charge on any atom is -0.359 e. The van der Waals surface area contributed by atoms with E-state index >= 15 is 0 Å². The molecule has 1 aromatic heterocycles. The summed E-state index contributed by atoms with van der Waals surface area (Å²) < 4.78 is 0. The van der Waals surface area contributed by atoms with Crippen molar-refractivity contribution in [2.24, 2.45) is 0 Å². The minimum atomic E-state index is 0.118. The van der Waals surface area contributed by atoms with Crippen molar-refractivity contribution in [3.05, 3.63) is 58.9 Å². The smallest absolute Gasteiger partial charge is 0.188 e. The Morgan fingerprint density at radius 3 is 2.76 bits per heavy atom. The van der Waals surface area contributed by atoms with Gasteiger partial charge in [-0.3, -0.25) is 4.79 Å². The fraction of sp³-hybridized carbons (Fsp3) is 0.154. The van der Waals surface area contributed by atoms with Gasteiger partial charge in [0.2, 0.25) is 0 Å². The van der Waals surface area contributed by atoms with Gasteiger partial charge in [-0.05, 0) is 23.8 Å². The number of benzene rings is 1. The summed E-state index contributed by atoms with van der Waals surface area (Å²) in [7, 11) is 0. The van der Waals surface area contributed by atoms with Gasteiger partial charge in [0.15, 0.2) is 5.78 Å². The van der Waals surface area contributed by atoms with Crippen LogP contribution in [0.25, 0.3) is 0 Å². The highest BCUT2D eigenvalue weighted by atomic mass is 35.5. The number of thioether (sulfide) groups is 1. The maximum absolute atomic E-state index is 11.7. The summed E-state index contributed by atoms with van der Waals surface area (Å²) >= 11 is 7.61. The fourth-order valence-corrected chi connectivity index (χ4v) is 2.65. The van der Waals surface area contributed by atoms with Crippen molar-refractivity contribution in [1.82, 2.24) is 4.98 Å². The Balaban J connectivity index is 1.84. The number of hydrogen-bond acceptors (Lipinski definition) is 2. The highest BCUT2D eigenvalue weighted by Crippen LogP contribution is 2.21. The van der Waals surface area contributed by atoms with Crippen LogP contribution in [-0.4, -0.2) is 16.5 Å². The molecule has 2 rings (SSSR count). The number of aromatic amines is 1. The van der Waals surface area contributed by atoms with Gasteiger partial charge in [0.25, 0.3) is 0 Å². The maximum atomic E-state index is 11.7. The third kappa shape index (κ3) is 3.38. The van der Waals surface area contributed by atoms with Crippen LogP contribution in [0.3, 0.4) is 0 Å². The first kappa shape index (κ1) is 12.3. The average molecular weight is 266 g/mol. The molecule has 0 atom stereocenters. The third-order valence-electron chi connectivity index (χ3n) is 2.35. The molecule has 0 saturated heterocycles. The lowest BCUT2D eigenvalue weighted by atomic mass is 10.2. The average Bonchev–Trinajstić information content (AvgIpc) is 2.85. The minimum absolute atomic E-state index is 0.118.